The molecule has 3 aliphatic heterocycles. The SMILES string of the molecule is COc1cc2cc(c1C)N(C)C(=O)CC[C@]1(C)OC1[C@H](C)C1C[C@@](O)(NC(=O)O1)[C@H](OC)/C=C/C=C(\C)C2. The van der Waals surface area contributed by atoms with Crippen molar-refractivity contribution in [1.29, 1.82) is 0 Å². The number of methoxy groups -OCH3 is 2. The van der Waals surface area contributed by atoms with Gasteiger partial charge in [-0.3, -0.25) is 10.1 Å². The lowest BCUT2D eigenvalue weighted by Crippen LogP contribution is -2.63. The number of amides is 2. The Morgan fingerprint density at radius 2 is 1.95 bits per heavy atom. The van der Waals surface area contributed by atoms with E-state index in [-0.39, 0.29) is 24.3 Å². The summed E-state index contributed by atoms with van der Waals surface area (Å²) in [7, 11) is 4.91. The molecular weight excluding hydrogens is 488 g/mol. The molecule has 1 aromatic rings. The molecule has 4 rings (SSSR count). The lowest BCUT2D eigenvalue weighted by Gasteiger charge is -2.42. The minimum absolute atomic E-state index is 0.0193. The Hall–Kier alpha value is -2.88. The molecule has 208 valence electrons. The third kappa shape index (κ3) is 5.60. The Kier molecular flexibility index (Phi) is 7.93. The van der Waals surface area contributed by atoms with E-state index in [1.54, 1.807) is 25.1 Å². The molecule has 2 amide bonds. The summed E-state index contributed by atoms with van der Waals surface area (Å²) < 4.78 is 22.9. The number of ether oxygens (including phenoxy) is 4. The third-order valence-corrected chi connectivity index (χ3v) is 8.15. The second-order valence-electron chi connectivity index (χ2n) is 11.0. The summed E-state index contributed by atoms with van der Waals surface area (Å²) in [5, 5.41) is 14.0. The lowest BCUT2D eigenvalue weighted by atomic mass is 9.84. The molecule has 9 nitrogen and oxygen atoms in total. The number of carbonyl (C=O) groups is 2. The molecule has 9 heteroatoms. The normalized spacial score (nSPS) is 36.3. The predicted molar refractivity (Wildman–Crippen MR) is 143 cm³/mol. The van der Waals surface area contributed by atoms with Gasteiger partial charge in [-0.05, 0) is 51.3 Å². The van der Waals surface area contributed by atoms with Gasteiger partial charge < -0.3 is 29.0 Å². The molecule has 2 unspecified atom stereocenters. The summed E-state index contributed by atoms with van der Waals surface area (Å²) in [6.07, 6.45) is 4.79. The maximum atomic E-state index is 13.3. The fraction of sp³-hybridized carbons (Fsp3) is 0.586. The van der Waals surface area contributed by atoms with E-state index in [1.165, 1.54) is 7.11 Å². The van der Waals surface area contributed by atoms with Crippen molar-refractivity contribution < 1.29 is 33.6 Å². The van der Waals surface area contributed by atoms with E-state index >= 15 is 0 Å². The molecule has 38 heavy (non-hydrogen) atoms. The predicted octanol–water partition coefficient (Wildman–Crippen LogP) is 3.80. The summed E-state index contributed by atoms with van der Waals surface area (Å²) in [5.74, 6) is 0.510. The van der Waals surface area contributed by atoms with Crippen LogP contribution in [0.5, 0.6) is 5.75 Å². The molecule has 0 saturated carbocycles. The van der Waals surface area contributed by atoms with Crippen LogP contribution in [0.4, 0.5) is 10.5 Å². The zero-order chi connectivity index (χ0) is 27.8. The number of carbonyl (C=O) groups excluding carboxylic acids is 2. The van der Waals surface area contributed by atoms with Gasteiger partial charge in [-0.2, -0.15) is 0 Å². The Balaban J connectivity index is 1.71. The van der Waals surface area contributed by atoms with Crippen molar-refractivity contribution in [2.24, 2.45) is 5.92 Å². The van der Waals surface area contributed by atoms with E-state index in [0.29, 0.717) is 19.3 Å². The molecule has 4 bridgehead atoms. The largest absolute Gasteiger partial charge is 0.496 e. The van der Waals surface area contributed by atoms with E-state index in [0.717, 1.165) is 28.1 Å². The zero-order valence-electron chi connectivity index (χ0n) is 23.4. The Labute approximate surface area is 224 Å². The van der Waals surface area contributed by atoms with Crippen LogP contribution in [0.3, 0.4) is 0 Å². The fourth-order valence-electron chi connectivity index (χ4n) is 5.72. The van der Waals surface area contributed by atoms with Crippen molar-refractivity contribution >= 4 is 17.7 Å². The van der Waals surface area contributed by atoms with Crippen molar-refractivity contribution in [1.82, 2.24) is 5.32 Å². The van der Waals surface area contributed by atoms with Gasteiger partial charge in [0.05, 0.1) is 24.5 Å². The Morgan fingerprint density at radius 1 is 1.21 bits per heavy atom. The number of nitrogens with zero attached hydrogens (tertiary/aromatic N) is 1. The molecule has 0 aliphatic carbocycles. The number of rotatable bonds is 2. The molecule has 0 radical (unpaired) electrons. The smallest absolute Gasteiger partial charge is 0.409 e. The summed E-state index contributed by atoms with van der Waals surface area (Å²) in [4.78, 5) is 27.4. The molecular formula is C29H40N2O7. The van der Waals surface area contributed by atoms with Gasteiger partial charge in [0.15, 0.2) is 5.72 Å². The maximum Gasteiger partial charge on any atom is 0.409 e. The molecule has 3 aliphatic rings. The van der Waals surface area contributed by atoms with E-state index < -0.39 is 29.6 Å². The lowest BCUT2D eigenvalue weighted by molar-refractivity contribution is -0.142. The van der Waals surface area contributed by atoms with Crippen molar-refractivity contribution in [2.75, 3.05) is 26.2 Å². The van der Waals surface area contributed by atoms with Crippen molar-refractivity contribution in [3.63, 3.8) is 0 Å². The number of hydrogen-bond acceptors (Lipinski definition) is 7. The Morgan fingerprint density at radius 3 is 2.63 bits per heavy atom. The van der Waals surface area contributed by atoms with Crippen LogP contribution in [0.15, 0.2) is 35.9 Å². The first-order valence-electron chi connectivity index (χ1n) is 13.1. The number of nitrogens with one attached hydrogen (secondary N) is 1. The van der Waals surface area contributed by atoms with Gasteiger partial charge in [0.25, 0.3) is 0 Å². The van der Waals surface area contributed by atoms with Crippen molar-refractivity contribution in [2.45, 2.75) is 83.0 Å². The second-order valence-corrected chi connectivity index (χ2v) is 11.0. The molecule has 2 saturated heterocycles. The quantitative estimate of drug-likeness (QED) is 0.562. The van der Waals surface area contributed by atoms with Gasteiger partial charge in [-0.25, -0.2) is 4.79 Å². The van der Waals surface area contributed by atoms with Crippen LogP contribution < -0.4 is 15.0 Å². The van der Waals surface area contributed by atoms with E-state index in [2.05, 4.69) is 5.32 Å². The number of epoxide rings is 1. The first kappa shape index (κ1) is 28.1. The standard InChI is InChI=1S/C29H40N2O7/c1-17-9-8-10-24(36-7)29(34)16-23(37-27(33)30-29)19(3)26-28(4,38-26)12-11-25(32)31(5)21-14-20(13-17)15-22(35-6)18(21)2/h8-10,14-15,19,23-24,26,34H,11-13,16H2,1-7H3,(H,30,33)/b10-8+,17-9+/t19-,23?,24-,26?,28+,29+/m1/s1. The number of benzene rings is 1. The minimum atomic E-state index is -1.65. The highest BCUT2D eigenvalue weighted by Crippen LogP contribution is 2.47. The van der Waals surface area contributed by atoms with Crippen LogP contribution in [0.2, 0.25) is 0 Å². The zero-order valence-corrected chi connectivity index (χ0v) is 23.4. The minimum Gasteiger partial charge on any atom is -0.496 e. The van der Waals surface area contributed by atoms with Crippen molar-refractivity contribution in [3.8, 4) is 5.75 Å². The Bertz CT molecular complexity index is 1150. The average Bonchev–Trinajstić information content (AvgIpc) is 3.55. The first-order valence-corrected chi connectivity index (χ1v) is 13.1. The maximum absolute atomic E-state index is 13.3. The van der Waals surface area contributed by atoms with Crippen LogP contribution in [-0.4, -0.2) is 68.0 Å². The monoisotopic (exact) mass is 528 g/mol. The van der Waals surface area contributed by atoms with E-state index in [4.69, 9.17) is 18.9 Å². The van der Waals surface area contributed by atoms with Gasteiger partial charge in [-0.15, -0.1) is 0 Å². The van der Waals surface area contributed by atoms with E-state index in [9.17, 15) is 14.7 Å². The number of aliphatic hydroxyl groups is 1. The van der Waals surface area contributed by atoms with Crippen molar-refractivity contribution in [3.05, 3.63) is 47.1 Å². The van der Waals surface area contributed by atoms with Gasteiger partial charge >= 0.3 is 6.09 Å². The van der Waals surface area contributed by atoms with Gasteiger partial charge in [0.1, 0.15) is 18.0 Å². The number of hydrogen-bond donors (Lipinski definition) is 2. The third-order valence-electron chi connectivity index (χ3n) is 8.15. The van der Waals surface area contributed by atoms with Crippen LogP contribution in [-0.2, 0) is 25.4 Å². The number of allylic oxidation sites excluding steroid dienone is 3. The van der Waals surface area contributed by atoms with E-state index in [1.807, 2.05) is 52.0 Å². The first-order chi connectivity index (χ1) is 17.9. The highest BCUT2D eigenvalue weighted by molar-refractivity contribution is 5.94. The number of alkyl carbamates (subject to hydrolysis) is 1. The van der Waals surface area contributed by atoms with Gasteiger partial charge in [-0.1, -0.05) is 30.7 Å². The molecule has 3 heterocycles. The topological polar surface area (TPSA) is 110 Å². The van der Waals surface area contributed by atoms with Crippen LogP contribution in [0.25, 0.3) is 0 Å². The molecule has 6 atom stereocenters. The molecule has 0 spiro atoms. The van der Waals surface area contributed by atoms with Gasteiger partial charge in [0.2, 0.25) is 5.91 Å². The van der Waals surface area contributed by atoms with Crippen LogP contribution in [0.1, 0.15) is 51.2 Å². The highest BCUT2D eigenvalue weighted by atomic mass is 16.6. The summed E-state index contributed by atoms with van der Waals surface area (Å²) in [6.45, 7) is 7.88. The number of anilines is 1. The summed E-state index contributed by atoms with van der Waals surface area (Å²) >= 11 is 0. The summed E-state index contributed by atoms with van der Waals surface area (Å²) in [6, 6.07) is 4.02. The van der Waals surface area contributed by atoms with Crippen LogP contribution in [0, 0.1) is 12.8 Å². The highest BCUT2D eigenvalue weighted by Gasteiger charge is 2.58. The van der Waals surface area contributed by atoms with Crippen LogP contribution >= 0.6 is 0 Å². The summed E-state index contributed by atoms with van der Waals surface area (Å²) in [5.41, 5.74) is 1.61. The van der Waals surface area contributed by atoms with Gasteiger partial charge in [0, 0.05) is 38.5 Å². The number of fused-ring (bicyclic) bond motifs is 5. The molecule has 0 aromatic heterocycles. The molecule has 1 aromatic carbocycles. The molecule has 2 N–H and O–H groups in total. The second kappa shape index (κ2) is 10.7. The molecule has 2 fully saturated rings. The average molecular weight is 529 g/mol. The fourth-order valence-corrected chi connectivity index (χ4v) is 5.72.